The number of halogens is 1. The summed E-state index contributed by atoms with van der Waals surface area (Å²) in [5.74, 6) is -0.0568. The Morgan fingerprint density at radius 2 is 1.57 bits per heavy atom. The lowest BCUT2D eigenvalue weighted by Gasteiger charge is -2.08. The average molecular weight is 294 g/mol. The Morgan fingerprint density at radius 3 is 2.29 bits per heavy atom. The van der Waals surface area contributed by atoms with Gasteiger partial charge in [0.15, 0.2) is 5.78 Å². The Hall–Kier alpha value is -2.45. The molecule has 0 aliphatic rings. The monoisotopic (exact) mass is 293 g/mol. The van der Waals surface area contributed by atoms with Crippen molar-refractivity contribution in [3.63, 3.8) is 0 Å². The summed E-state index contributed by atoms with van der Waals surface area (Å²) in [6.07, 6.45) is 1.51. The van der Waals surface area contributed by atoms with E-state index in [1.807, 2.05) is 54.6 Å². The summed E-state index contributed by atoms with van der Waals surface area (Å²) >= 11 is 5.77. The number of aromatic nitrogens is 1. The third-order valence-corrected chi connectivity index (χ3v) is 3.47. The molecule has 0 saturated carbocycles. The Labute approximate surface area is 128 Å². The minimum absolute atomic E-state index is 0.0568. The number of hydrogen-bond donors (Lipinski definition) is 0. The van der Waals surface area contributed by atoms with Crippen LogP contribution in [0, 0.1) is 0 Å². The van der Waals surface area contributed by atoms with E-state index in [9.17, 15) is 4.79 Å². The highest BCUT2D eigenvalue weighted by atomic mass is 35.5. The molecule has 1 heterocycles. The summed E-state index contributed by atoms with van der Waals surface area (Å²) in [7, 11) is 0. The molecule has 0 unspecified atom stereocenters. The first-order valence-electron chi connectivity index (χ1n) is 6.56. The maximum Gasteiger partial charge on any atom is 0.195 e. The van der Waals surface area contributed by atoms with Crippen molar-refractivity contribution in [3.05, 3.63) is 89.2 Å². The molecule has 0 aliphatic heterocycles. The summed E-state index contributed by atoms with van der Waals surface area (Å²) < 4.78 is 0. The van der Waals surface area contributed by atoms with Crippen molar-refractivity contribution in [1.29, 1.82) is 0 Å². The molecule has 3 heteroatoms. The van der Waals surface area contributed by atoms with Crippen LogP contribution in [-0.4, -0.2) is 10.8 Å². The first-order valence-corrected chi connectivity index (χ1v) is 6.94. The second-order valence-corrected chi connectivity index (χ2v) is 5.00. The lowest BCUT2D eigenvalue weighted by molar-refractivity contribution is 0.103. The summed E-state index contributed by atoms with van der Waals surface area (Å²) in [6, 6.07) is 20.8. The SMILES string of the molecule is O=C(c1ccc(Cl)nc1)c1ccccc1-c1ccccc1. The molecule has 2 aromatic carbocycles. The second-order valence-electron chi connectivity index (χ2n) is 4.61. The zero-order valence-electron chi connectivity index (χ0n) is 11.2. The highest BCUT2D eigenvalue weighted by Gasteiger charge is 2.14. The fourth-order valence-corrected chi connectivity index (χ4v) is 2.33. The molecule has 2 nitrogen and oxygen atoms in total. The molecule has 3 rings (SSSR count). The van der Waals surface area contributed by atoms with Gasteiger partial charge in [0.25, 0.3) is 0 Å². The van der Waals surface area contributed by atoms with Crippen LogP contribution >= 0.6 is 11.6 Å². The standard InChI is InChI=1S/C18H12ClNO/c19-17-11-10-14(12-20-17)18(21)16-9-5-4-8-15(16)13-6-2-1-3-7-13/h1-12H. The van der Waals surface area contributed by atoms with Gasteiger partial charge < -0.3 is 0 Å². The van der Waals surface area contributed by atoms with Crippen LogP contribution in [-0.2, 0) is 0 Å². The number of ketones is 1. The minimum atomic E-state index is -0.0568. The van der Waals surface area contributed by atoms with Gasteiger partial charge in [0.05, 0.1) is 0 Å². The quantitative estimate of drug-likeness (QED) is 0.520. The molecule has 0 fully saturated rings. The van der Waals surface area contributed by atoms with E-state index in [1.54, 1.807) is 12.1 Å². The van der Waals surface area contributed by atoms with Gasteiger partial charge in [-0.2, -0.15) is 0 Å². The number of pyridine rings is 1. The zero-order chi connectivity index (χ0) is 14.7. The molecule has 0 radical (unpaired) electrons. The number of nitrogens with zero attached hydrogens (tertiary/aromatic N) is 1. The molecular formula is C18H12ClNO. The highest BCUT2D eigenvalue weighted by Crippen LogP contribution is 2.25. The maximum atomic E-state index is 12.7. The Bertz CT molecular complexity index is 767. The number of rotatable bonds is 3. The van der Waals surface area contributed by atoms with Crippen molar-refractivity contribution in [1.82, 2.24) is 4.98 Å². The van der Waals surface area contributed by atoms with Gasteiger partial charge in [-0.25, -0.2) is 4.98 Å². The van der Waals surface area contributed by atoms with Gasteiger partial charge in [0.2, 0.25) is 0 Å². The molecule has 0 saturated heterocycles. The Kier molecular flexibility index (Phi) is 3.80. The van der Waals surface area contributed by atoms with E-state index < -0.39 is 0 Å². The Balaban J connectivity index is 2.07. The molecule has 0 N–H and O–H groups in total. The molecule has 3 aromatic rings. The molecule has 0 amide bonds. The van der Waals surface area contributed by atoms with Crippen LogP contribution in [0.25, 0.3) is 11.1 Å². The molecule has 0 atom stereocenters. The number of hydrogen-bond acceptors (Lipinski definition) is 2. The average Bonchev–Trinajstić information content (AvgIpc) is 2.56. The van der Waals surface area contributed by atoms with Crippen molar-refractivity contribution >= 4 is 17.4 Å². The van der Waals surface area contributed by atoms with Crippen LogP contribution in [0.5, 0.6) is 0 Å². The first-order chi connectivity index (χ1) is 10.3. The van der Waals surface area contributed by atoms with Crippen molar-refractivity contribution in [3.8, 4) is 11.1 Å². The fourth-order valence-electron chi connectivity index (χ4n) is 2.22. The number of carbonyl (C=O) groups excluding carboxylic acids is 1. The van der Waals surface area contributed by atoms with Crippen molar-refractivity contribution in [2.75, 3.05) is 0 Å². The van der Waals surface area contributed by atoms with E-state index in [-0.39, 0.29) is 5.78 Å². The minimum Gasteiger partial charge on any atom is -0.289 e. The lowest BCUT2D eigenvalue weighted by atomic mass is 9.95. The van der Waals surface area contributed by atoms with Crippen LogP contribution < -0.4 is 0 Å². The number of benzene rings is 2. The second kappa shape index (κ2) is 5.90. The van der Waals surface area contributed by atoms with E-state index >= 15 is 0 Å². The topological polar surface area (TPSA) is 30.0 Å². The highest BCUT2D eigenvalue weighted by molar-refractivity contribution is 6.29. The smallest absolute Gasteiger partial charge is 0.195 e. The van der Waals surface area contributed by atoms with Gasteiger partial charge in [-0.05, 0) is 23.3 Å². The van der Waals surface area contributed by atoms with Gasteiger partial charge in [-0.3, -0.25) is 4.79 Å². The predicted octanol–water partition coefficient (Wildman–Crippen LogP) is 4.63. The predicted molar refractivity (Wildman–Crippen MR) is 84.6 cm³/mol. The van der Waals surface area contributed by atoms with Gasteiger partial charge in [0.1, 0.15) is 5.15 Å². The zero-order valence-corrected chi connectivity index (χ0v) is 11.9. The summed E-state index contributed by atoms with van der Waals surface area (Å²) in [5.41, 5.74) is 3.12. The van der Waals surface area contributed by atoms with E-state index in [4.69, 9.17) is 11.6 Å². The van der Waals surface area contributed by atoms with Crippen LogP contribution in [0.2, 0.25) is 5.15 Å². The molecule has 21 heavy (non-hydrogen) atoms. The lowest BCUT2D eigenvalue weighted by Crippen LogP contribution is -2.03. The summed E-state index contributed by atoms with van der Waals surface area (Å²) in [6.45, 7) is 0. The first kappa shape index (κ1) is 13.5. The molecule has 0 bridgehead atoms. The van der Waals surface area contributed by atoms with Gasteiger partial charge in [0, 0.05) is 17.3 Å². The third-order valence-electron chi connectivity index (χ3n) is 3.25. The molecule has 1 aromatic heterocycles. The largest absolute Gasteiger partial charge is 0.289 e. The van der Waals surface area contributed by atoms with Gasteiger partial charge >= 0.3 is 0 Å². The van der Waals surface area contributed by atoms with E-state index in [0.29, 0.717) is 16.3 Å². The van der Waals surface area contributed by atoms with Crippen LogP contribution in [0.3, 0.4) is 0 Å². The third kappa shape index (κ3) is 2.86. The molecule has 102 valence electrons. The molecule has 0 spiro atoms. The summed E-state index contributed by atoms with van der Waals surface area (Å²) in [5, 5.41) is 0.378. The van der Waals surface area contributed by atoms with Crippen molar-refractivity contribution in [2.45, 2.75) is 0 Å². The van der Waals surface area contributed by atoms with Crippen LogP contribution in [0.15, 0.2) is 72.9 Å². The van der Waals surface area contributed by atoms with E-state index in [1.165, 1.54) is 6.20 Å². The van der Waals surface area contributed by atoms with Crippen LogP contribution in [0.4, 0.5) is 0 Å². The number of carbonyl (C=O) groups is 1. The van der Waals surface area contributed by atoms with E-state index in [2.05, 4.69) is 4.98 Å². The molecular weight excluding hydrogens is 282 g/mol. The molecule has 0 aliphatic carbocycles. The summed E-state index contributed by atoms with van der Waals surface area (Å²) in [4.78, 5) is 16.6. The van der Waals surface area contributed by atoms with Crippen molar-refractivity contribution in [2.24, 2.45) is 0 Å². The van der Waals surface area contributed by atoms with Crippen LogP contribution in [0.1, 0.15) is 15.9 Å². The van der Waals surface area contributed by atoms with Crippen molar-refractivity contribution < 1.29 is 4.79 Å². The normalized spacial score (nSPS) is 10.3. The maximum absolute atomic E-state index is 12.7. The van der Waals surface area contributed by atoms with Gasteiger partial charge in [-0.15, -0.1) is 0 Å². The van der Waals surface area contributed by atoms with E-state index in [0.717, 1.165) is 11.1 Å². The Morgan fingerprint density at radius 1 is 0.857 bits per heavy atom. The fraction of sp³-hybridized carbons (Fsp3) is 0. The van der Waals surface area contributed by atoms with Gasteiger partial charge in [-0.1, -0.05) is 66.2 Å².